The number of aliphatic hydroxyl groups is 1. The summed E-state index contributed by atoms with van der Waals surface area (Å²) in [6.45, 7) is 4.28. The molecule has 0 aliphatic heterocycles. The lowest BCUT2D eigenvalue weighted by Gasteiger charge is -2.10. The van der Waals surface area contributed by atoms with E-state index in [4.69, 9.17) is 0 Å². The highest BCUT2D eigenvalue weighted by molar-refractivity contribution is 4.88. The maximum Gasteiger partial charge on any atom is 0.155 e. The summed E-state index contributed by atoms with van der Waals surface area (Å²) in [5, 5.41) is 13.6. The highest BCUT2D eigenvalue weighted by Crippen LogP contribution is 2.17. The topological polar surface area (TPSA) is 50.9 Å². The van der Waals surface area contributed by atoms with Crippen molar-refractivity contribution in [2.75, 3.05) is 0 Å². The quantitative estimate of drug-likeness (QED) is 0.765. The van der Waals surface area contributed by atoms with E-state index in [-0.39, 0.29) is 0 Å². The molecule has 0 saturated carbocycles. The van der Waals surface area contributed by atoms with Gasteiger partial charge in [0.2, 0.25) is 0 Å². The van der Waals surface area contributed by atoms with Crippen LogP contribution >= 0.6 is 0 Å². The van der Waals surface area contributed by atoms with Gasteiger partial charge in [0.15, 0.2) is 5.82 Å². The van der Waals surface area contributed by atoms with Gasteiger partial charge in [0.1, 0.15) is 12.4 Å². The molecule has 0 aliphatic rings. The standard InChI is InChI=1S/C9H17N3O/c1-7(2)4-5-8(13)9-10-6-11-12(9)3/h6-8,13H,4-5H2,1-3H3. The molecule has 4 heteroatoms. The predicted octanol–water partition coefficient (Wildman–Crippen LogP) is 1.28. The van der Waals surface area contributed by atoms with Crippen molar-refractivity contribution in [2.24, 2.45) is 13.0 Å². The van der Waals surface area contributed by atoms with Gasteiger partial charge in [-0.15, -0.1) is 0 Å². The summed E-state index contributed by atoms with van der Waals surface area (Å²) in [5.74, 6) is 1.27. The summed E-state index contributed by atoms with van der Waals surface area (Å²) in [4.78, 5) is 4.00. The molecule has 0 saturated heterocycles. The van der Waals surface area contributed by atoms with Crippen molar-refractivity contribution >= 4 is 0 Å². The number of rotatable bonds is 4. The maximum atomic E-state index is 9.72. The Morgan fingerprint density at radius 3 is 2.62 bits per heavy atom. The molecule has 1 rings (SSSR count). The van der Waals surface area contributed by atoms with Crippen LogP contribution < -0.4 is 0 Å². The first-order valence-corrected chi connectivity index (χ1v) is 4.63. The fourth-order valence-corrected chi connectivity index (χ4v) is 1.23. The molecule has 4 nitrogen and oxygen atoms in total. The number of hydrogen-bond donors (Lipinski definition) is 1. The molecular formula is C9H17N3O. The molecule has 1 unspecified atom stereocenters. The van der Waals surface area contributed by atoms with Gasteiger partial charge in [0.25, 0.3) is 0 Å². The minimum absolute atomic E-state index is 0.477. The van der Waals surface area contributed by atoms with Crippen molar-refractivity contribution in [3.05, 3.63) is 12.2 Å². The fourth-order valence-electron chi connectivity index (χ4n) is 1.23. The molecule has 1 heterocycles. The fraction of sp³-hybridized carbons (Fsp3) is 0.778. The third kappa shape index (κ3) is 2.81. The molecule has 74 valence electrons. The molecule has 13 heavy (non-hydrogen) atoms. The number of aryl methyl sites for hydroxylation is 1. The monoisotopic (exact) mass is 183 g/mol. The lowest BCUT2D eigenvalue weighted by atomic mass is 10.0. The van der Waals surface area contributed by atoms with E-state index in [1.165, 1.54) is 6.33 Å². The average molecular weight is 183 g/mol. The Labute approximate surface area is 78.6 Å². The largest absolute Gasteiger partial charge is 0.385 e. The smallest absolute Gasteiger partial charge is 0.155 e. The normalized spacial score (nSPS) is 13.6. The molecule has 1 atom stereocenters. The Kier molecular flexibility index (Phi) is 3.42. The zero-order valence-corrected chi connectivity index (χ0v) is 8.44. The van der Waals surface area contributed by atoms with Gasteiger partial charge in [0, 0.05) is 7.05 Å². The van der Waals surface area contributed by atoms with E-state index in [9.17, 15) is 5.11 Å². The van der Waals surface area contributed by atoms with Gasteiger partial charge in [-0.05, 0) is 18.8 Å². The Morgan fingerprint density at radius 1 is 1.46 bits per heavy atom. The Morgan fingerprint density at radius 2 is 2.15 bits per heavy atom. The molecule has 0 spiro atoms. The second-order valence-corrected chi connectivity index (χ2v) is 3.73. The number of hydrogen-bond acceptors (Lipinski definition) is 3. The van der Waals surface area contributed by atoms with E-state index in [0.717, 1.165) is 12.8 Å². The lowest BCUT2D eigenvalue weighted by Crippen LogP contribution is -2.07. The summed E-state index contributed by atoms with van der Waals surface area (Å²) >= 11 is 0. The predicted molar refractivity (Wildman–Crippen MR) is 50.0 cm³/mol. The molecular weight excluding hydrogens is 166 g/mol. The van der Waals surface area contributed by atoms with Crippen LogP contribution in [0.15, 0.2) is 6.33 Å². The second-order valence-electron chi connectivity index (χ2n) is 3.73. The summed E-state index contributed by atoms with van der Waals surface area (Å²) in [6, 6.07) is 0. The van der Waals surface area contributed by atoms with Crippen molar-refractivity contribution in [3.8, 4) is 0 Å². The van der Waals surface area contributed by atoms with E-state index in [1.54, 1.807) is 11.7 Å². The van der Waals surface area contributed by atoms with Crippen LogP contribution in [0.5, 0.6) is 0 Å². The molecule has 0 fully saturated rings. The van der Waals surface area contributed by atoms with Crippen LogP contribution in [0.4, 0.5) is 0 Å². The first kappa shape index (κ1) is 10.2. The first-order chi connectivity index (χ1) is 6.11. The summed E-state index contributed by atoms with van der Waals surface area (Å²) in [6.07, 6.45) is 2.75. The van der Waals surface area contributed by atoms with Crippen LogP contribution in [0, 0.1) is 5.92 Å². The first-order valence-electron chi connectivity index (χ1n) is 4.63. The van der Waals surface area contributed by atoms with Crippen molar-refractivity contribution in [1.82, 2.24) is 14.8 Å². The summed E-state index contributed by atoms with van der Waals surface area (Å²) in [5.41, 5.74) is 0. The zero-order valence-electron chi connectivity index (χ0n) is 8.44. The van der Waals surface area contributed by atoms with E-state index < -0.39 is 6.10 Å². The molecule has 1 N–H and O–H groups in total. The molecule has 0 bridgehead atoms. The van der Waals surface area contributed by atoms with Gasteiger partial charge < -0.3 is 5.11 Å². The zero-order chi connectivity index (χ0) is 9.84. The van der Waals surface area contributed by atoms with E-state index in [0.29, 0.717) is 11.7 Å². The molecule has 0 radical (unpaired) electrons. The van der Waals surface area contributed by atoms with Crippen LogP contribution in [0.25, 0.3) is 0 Å². The molecule has 1 aromatic rings. The summed E-state index contributed by atoms with van der Waals surface area (Å²) < 4.78 is 1.62. The third-order valence-corrected chi connectivity index (χ3v) is 2.06. The van der Waals surface area contributed by atoms with Gasteiger partial charge in [-0.1, -0.05) is 13.8 Å². The van der Waals surface area contributed by atoms with Crippen molar-refractivity contribution in [1.29, 1.82) is 0 Å². The van der Waals surface area contributed by atoms with Crippen LogP contribution in [0.3, 0.4) is 0 Å². The average Bonchev–Trinajstić information content (AvgIpc) is 2.47. The maximum absolute atomic E-state index is 9.72. The minimum atomic E-state index is -0.477. The summed E-state index contributed by atoms with van der Waals surface area (Å²) in [7, 11) is 1.79. The SMILES string of the molecule is CC(C)CCC(O)c1ncnn1C. The van der Waals surface area contributed by atoms with Crippen LogP contribution in [0.1, 0.15) is 38.6 Å². The van der Waals surface area contributed by atoms with E-state index >= 15 is 0 Å². The molecule has 1 aromatic heterocycles. The van der Waals surface area contributed by atoms with Gasteiger partial charge in [-0.25, -0.2) is 4.98 Å². The van der Waals surface area contributed by atoms with Gasteiger partial charge in [-0.3, -0.25) is 4.68 Å². The van der Waals surface area contributed by atoms with Crippen molar-refractivity contribution < 1.29 is 5.11 Å². The number of aliphatic hydroxyl groups excluding tert-OH is 1. The highest BCUT2D eigenvalue weighted by Gasteiger charge is 2.12. The van der Waals surface area contributed by atoms with Crippen molar-refractivity contribution in [2.45, 2.75) is 32.8 Å². The highest BCUT2D eigenvalue weighted by atomic mass is 16.3. The van der Waals surface area contributed by atoms with Crippen LogP contribution in [0.2, 0.25) is 0 Å². The van der Waals surface area contributed by atoms with E-state index in [1.807, 2.05) is 0 Å². The minimum Gasteiger partial charge on any atom is -0.385 e. The van der Waals surface area contributed by atoms with Crippen LogP contribution in [-0.2, 0) is 7.05 Å². The molecule has 0 aromatic carbocycles. The van der Waals surface area contributed by atoms with Gasteiger partial charge in [-0.2, -0.15) is 5.10 Å². The van der Waals surface area contributed by atoms with E-state index in [2.05, 4.69) is 23.9 Å². The lowest BCUT2D eigenvalue weighted by molar-refractivity contribution is 0.145. The second kappa shape index (κ2) is 4.37. The Hall–Kier alpha value is -0.900. The van der Waals surface area contributed by atoms with Crippen LogP contribution in [-0.4, -0.2) is 19.9 Å². The molecule has 0 aliphatic carbocycles. The Bertz CT molecular complexity index is 257. The van der Waals surface area contributed by atoms with Crippen molar-refractivity contribution in [3.63, 3.8) is 0 Å². The van der Waals surface area contributed by atoms with Gasteiger partial charge in [0.05, 0.1) is 0 Å². The molecule has 0 amide bonds. The Balaban J connectivity index is 2.49. The number of aromatic nitrogens is 3. The number of nitrogens with zero attached hydrogens (tertiary/aromatic N) is 3. The van der Waals surface area contributed by atoms with Gasteiger partial charge >= 0.3 is 0 Å². The third-order valence-electron chi connectivity index (χ3n) is 2.06.